The van der Waals surface area contributed by atoms with Gasteiger partial charge in [0.25, 0.3) is 0 Å². The first-order valence-electron chi connectivity index (χ1n) is 7.66. The van der Waals surface area contributed by atoms with Crippen molar-refractivity contribution in [2.24, 2.45) is 0 Å². The summed E-state index contributed by atoms with van der Waals surface area (Å²) in [7, 11) is 6.17. The molecule has 2 atom stereocenters. The van der Waals surface area contributed by atoms with Crippen molar-refractivity contribution in [3.63, 3.8) is 0 Å². The summed E-state index contributed by atoms with van der Waals surface area (Å²) in [5.41, 5.74) is 0.384. The van der Waals surface area contributed by atoms with Crippen LogP contribution >= 0.6 is 0 Å². The van der Waals surface area contributed by atoms with Crippen molar-refractivity contribution >= 4 is 0 Å². The molecule has 4 nitrogen and oxygen atoms in total. The molecule has 1 aromatic rings. The first-order chi connectivity index (χ1) is 10.1. The third-order valence-corrected chi connectivity index (χ3v) is 4.59. The van der Waals surface area contributed by atoms with Gasteiger partial charge in [-0.1, -0.05) is 30.3 Å². The predicted molar refractivity (Wildman–Crippen MR) is 85.9 cm³/mol. The van der Waals surface area contributed by atoms with Crippen LogP contribution in [0, 0.1) is 11.3 Å². The van der Waals surface area contributed by atoms with Gasteiger partial charge in [-0.3, -0.25) is 5.32 Å². The monoisotopic (exact) mass is 286 g/mol. The normalized spacial score (nSPS) is 22.1. The van der Waals surface area contributed by atoms with Gasteiger partial charge >= 0.3 is 0 Å². The molecule has 21 heavy (non-hydrogen) atoms. The van der Waals surface area contributed by atoms with Crippen LogP contribution in [0.15, 0.2) is 30.3 Å². The van der Waals surface area contributed by atoms with E-state index in [1.165, 1.54) is 19.4 Å². The lowest BCUT2D eigenvalue weighted by molar-refractivity contribution is 0.192. The zero-order chi connectivity index (χ0) is 15.3. The minimum Gasteiger partial charge on any atom is -0.302 e. The summed E-state index contributed by atoms with van der Waals surface area (Å²) in [6.45, 7) is 2.88. The Bertz CT molecular complexity index is 481. The largest absolute Gasteiger partial charge is 0.302 e. The SMILES string of the molecule is CNC(C#N)(CN(C)CC1CCCN1C)c1ccccc1. The van der Waals surface area contributed by atoms with Gasteiger partial charge in [0, 0.05) is 19.1 Å². The van der Waals surface area contributed by atoms with Crippen molar-refractivity contribution < 1.29 is 0 Å². The molecule has 2 unspecified atom stereocenters. The number of nitriles is 1. The Labute approximate surface area is 128 Å². The van der Waals surface area contributed by atoms with Crippen LogP contribution in [0.5, 0.6) is 0 Å². The van der Waals surface area contributed by atoms with Crippen LogP contribution in [-0.2, 0) is 5.54 Å². The molecule has 1 heterocycles. The molecule has 0 saturated carbocycles. The summed E-state index contributed by atoms with van der Waals surface area (Å²) in [4.78, 5) is 4.70. The van der Waals surface area contributed by atoms with E-state index in [1.807, 2.05) is 37.4 Å². The fourth-order valence-corrected chi connectivity index (χ4v) is 3.23. The molecule has 0 aromatic heterocycles. The van der Waals surface area contributed by atoms with Crippen molar-refractivity contribution in [3.05, 3.63) is 35.9 Å². The van der Waals surface area contributed by atoms with Crippen LogP contribution in [0.25, 0.3) is 0 Å². The summed E-state index contributed by atoms with van der Waals surface area (Å²) in [6, 6.07) is 13.1. The number of benzene rings is 1. The van der Waals surface area contributed by atoms with Crippen molar-refractivity contribution in [1.29, 1.82) is 5.26 Å². The van der Waals surface area contributed by atoms with Gasteiger partial charge in [0.15, 0.2) is 0 Å². The second-order valence-corrected chi connectivity index (χ2v) is 6.11. The molecule has 1 aliphatic rings. The molecule has 0 amide bonds. The molecule has 114 valence electrons. The van der Waals surface area contributed by atoms with E-state index in [2.05, 4.69) is 35.3 Å². The fourth-order valence-electron chi connectivity index (χ4n) is 3.23. The average Bonchev–Trinajstić information content (AvgIpc) is 2.91. The number of likely N-dealkylation sites (tertiary alicyclic amines) is 1. The fraction of sp³-hybridized carbons (Fsp3) is 0.588. The maximum atomic E-state index is 9.74. The lowest BCUT2D eigenvalue weighted by Crippen LogP contribution is -2.50. The molecule has 0 bridgehead atoms. The van der Waals surface area contributed by atoms with E-state index in [1.54, 1.807) is 0 Å². The molecule has 2 rings (SSSR count). The molecule has 1 saturated heterocycles. The van der Waals surface area contributed by atoms with E-state index in [0.717, 1.165) is 12.1 Å². The Morgan fingerprint density at radius 1 is 1.43 bits per heavy atom. The van der Waals surface area contributed by atoms with Gasteiger partial charge in [-0.05, 0) is 46.1 Å². The predicted octanol–water partition coefficient (Wildman–Crippen LogP) is 1.65. The van der Waals surface area contributed by atoms with Gasteiger partial charge in [0.2, 0.25) is 0 Å². The molecule has 0 aliphatic carbocycles. The molecule has 1 N–H and O–H groups in total. The van der Waals surface area contributed by atoms with E-state index >= 15 is 0 Å². The van der Waals surface area contributed by atoms with E-state index < -0.39 is 5.54 Å². The highest BCUT2D eigenvalue weighted by atomic mass is 15.2. The van der Waals surface area contributed by atoms with Crippen molar-refractivity contribution in [2.75, 3.05) is 40.8 Å². The minimum absolute atomic E-state index is 0.610. The molecule has 4 heteroatoms. The molecule has 1 fully saturated rings. The van der Waals surface area contributed by atoms with Crippen LogP contribution in [0.1, 0.15) is 18.4 Å². The first-order valence-corrected chi connectivity index (χ1v) is 7.66. The number of nitrogens with one attached hydrogen (secondary N) is 1. The van der Waals surface area contributed by atoms with Crippen molar-refractivity contribution in [3.8, 4) is 6.07 Å². The van der Waals surface area contributed by atoms with E-state index in [9.17, 15) is 5.26 Å². The van der Waals surface area contributed by atoms with Gasteiger partial charge in [0.1, 0.15) is 5.54 Å². The van der Waals surface area contributed by atoms with E-state index in [-0.39, 0.29) is 0 Å². The van der Waals surface area contributed by atoms with Gasteiger partial charge in [-0.25, -0.2) is 0 Å². The highest BCUT2D eigenvalue weighted by molar-refractivity contribution is 5.31. The van der Waals surface area contributed by atoms with Gasteiger partial charge < -0.3 is 9.80 Å². The third-order valence-electron chi connectivity index (χ3n) is 4.59. The topological polar surface area (TPSA) is 42.3 Å². The van der Waals surface area contributed by atoms with Crippen LogP contribution in [0.4, 0.5) is 0 Å². The minimum atomic E-state index is -0.646. The second-order valence-electron chi connectivity index (χ2n) is 6.11. The zero-order valence-corrected chi connectivity index (χ0v) is 13.3. The van der Waals surface area contributed by atoms with Crippen LogP contribution < -0.4 is 5.32 Å². The number of nitrogens with zero attached hydrogens (tertiary/aromatic N) is 3. The van der Waals surface area contributed by atoms with Gasteiger partial charge in [0.05, 0.1) is 6.07 Å². The van der Waals surface area contributed by atoms with E-state index in [0.29, 0.717) is 12.6 Å². The third kappa shape index (κ3) is 3.62. The maximum absolute atomic E-state index is 9.74. The van der Waals surface area contributed by atoms with Gasteiger partial charge in [-0.15, -0.1) is 0 Å². The second kappa shape index (κ2) is 7.04. The smallest absolute Gasteiger partial charge is 0.144 e. The quantitative estimate of drug-likeness (QED) is 0.863. The maximum Gasteiger partial charge on any atom is 0.144 e. The Morgan fingerprint density at radius 2 is 2.14 bits per heavy atom. The van der Waals surface area contributed by atoms with Crippen LogP contribution in [0.2, 0.25) is 0 Å². The summed E-state index contributed by atoms with van der Waals surface area (Å²) in [5.74, 6) is 0. The van der Waals surface area contributed by atoms with Gasteiger partial charge in [-0.2, -0.15) is 5.26 Å². The molecule has 0 radical (unpaired) electrons. The Balaban J connectivity index is 2.08. The molecular weight excluding hydrogens is 260 g/mol. The molecule has 1 aromatic carbocycles. The zero-order valence-electron chi connectivity index (χ0n) is 13.3. The number of likely N-dealkylation sites (N-methyl/N-ethyl adjacent to an activating group) is 3. The van der Waals surface area contributed by atoms with Crippen LogP contribution in [0.3, 0.4) is 0 Å². The lowest BCUT2D eigenvalue weighted by atomic mass is 9.91. The van der Waals surface area contributed by atoms with Crippen molar-refractivity contribution in [2.45, 2.75) is 24.4 Å². The number of hydrogen-bond donors (Lipinski definition) is 1. The standard InChI is InChI=1S/C17H26N4/c1-19-17(13-18,15-8-5-4-6-9-15)14-20(2)12-16-10-7-11-21(16)3/h4-6,8-9,16,19H,7,10-12,14H2,1-3H3. The summed E-state index contributed by atoms with van der Waals surface area (Å²) in [5, 5.41) is 13.0. The summed E-state index contributed by atoms with van der Waals surface area (Å²) < 4.78 is 0. The van der Waals surface area contributed by atoms with Crippen molar-refractivity contribution in [1.82, 2.24) is 15.1 Å². The first kappa shape index (κ1) is 16.0. The highest BCUT2D eigenvalue weighted by Crippen LogP contribution is 2.22. The Hall–Kier alpha value is -1.41. The number of hydrogen-bond acceptors (Lipinski definition) is 4. The summed E-state index contributed by atoms with van der Waals surface area (Å²) in [6.07, 6.45) is 2.54. The Morgan fingerprint density at radius 3 is 2.67 bits per heavy atom. The lowest BCUT2D eigenvalue weighted by Gasteiger charge is -2.33. The van der Waals surface area contributed by atoms with Crippen LogP contribution in [-0.4, -0.2) is 56.6 Å². The highest BCUT2D eigenvalue weighted by Gasteiger charge is 2.33. The molecule has 1 aliphatic heterocycles. The number of rotatable bonds is 6. The molecule has 0 spiro atoms. The Kier molecular flexibility index (Phi) is 5.35. The average molecular weight is 286 g/mol. The van der Waals surface area contributed by atoms with E-state index in [4.69, 9.17) is 0 Å². The molecular formula is C17H26N4. The summed E-state index contributed by atoms with van der Waals surface area (Å²) >= 11 is 0.